The van der Waals surface area contributed by atoms with Gasteiger partial charge in [0.1, 0.15) is 18.1 Å². The Kier molecular flexibility index (Phi) is 8.81. The second-order valence-corrected chi connectivity index (χ2v) is 10.6. The lowest BCUT2D eigenvalue weighted by Gasteiger charge is -2.30. The largest absolute Gasteiger partial charge is 0.469 e. The van der Waals surface area contributed by atoms with Crippen LogP contribution in [-0.4, -0.2) is 24.1 Å². The van der Waals surface area contributed by atoms with Crippen LogP contribution in [0.15, 0.2) is 102 Å². The second-order valence-electron chi connectivity index (χ2n) is 9.68. The van der Waals surface area contributed by atoms with Gasteiger partial charge in [-0.05, 0) is 65.4 Å². The molecule has 5 rings (SSSR count). The van der Waals surface area contributed by atoms with Crippen LogP contribution in [0.3, 0.4) is 0 Å². The summed E-state index contributed by atoms with van der Waals surface area (Å²) in [6, 6.07) is 30.9. The van der Waals surface area contributed by atoms with E-state index in [1.807, 2.05) is 84.9 Å². The predicted molar refractivity (Wildman–Crippen MR) is 156 cm³/mol. The molecule has 0 saturated heterocycles. The van der Waals surface area contributed by atoms with Crippen LogP contribution < -0.4 is 4.74 Å². The molecular formula is C33H30BrNO5. The Balaban J connectivity index is 1.42. The number of carbonyl (C=O) groups is 2. The molecule has 4 aromatic carbocycles. The molecule has 0 aliphatic heterocycles. The Morgan fingerprint density at radius 2 is 1.68 bits per heavy atom. The number of carbonyl (C=O) groups excluding carboxylic acids is 2. The van der Waals surface area contributed by atoms with E-state index >= 15 is 0 Å². The van der Waals surface area contributed by atoms with Crippen LogP contribution >= 0.6 is 15.9 Å². The molecule has 1 unspecified atom stereocenters. The van der Waals surface area contributed by atoms with Crippen molar-refractivity contribution in [2.45, 2.75) is 38.5 Å². The lowest BCUT2D eigenvalue weighted by Crippen LogP contribution is -2.34. The van der Waals surface area contributed by atoms with E-state index in [1.54, 1.807) is 4.90 Å². The lowest BCUT2D eigenvalue weighted by atomic mass is 10.1. The number of hydrogen-bond acceptors (Lipinski definition) is 5. The summed E-state index contributed by atoms with van der Waals surface area (Å²) in [6.07, 6.45) is 1.50. The monoisotopic (exact) mass is 599 g/mol. The van der Waals surface area contributed by atoms with E-state index in [0.717, 1.165) is 39.6 Å². The van der Waals surface area contributed by atoms with Crippen LogP contribution in [0.25, 0.3) is 0 Å². The molecule has 204 valence electrons. The van der Waals surface area contributed by atoms with Crippen LogP contribution in [-0.2, 0) is 40.3 Å². The van der Waals surface area contributed by atoms with Crippen LogP contribution in [0, 0.1) is 0 Å². The molecule has 0 saturated carbocycles. The number of hydrogen-bond donors (Lipinski definition) is 0. The molecule has 0 heterocycles. The maximum atomic E-state index is 13.7. The fraction of sp³-hybridized carbons (Fsp3) is 0.212. The van der Waals surface area contributed by atoms with Gasteiger partial charge in [0.2, 0.25) is 0 Å². The van der Waals surface area contributed by atoms with Gasteiger partial charge < -0.3 is 14.2 Å². The molecule has 0 fully saturated rings. The van der Waals surface area contributed by atoms with Gasteiger partial charge in [-0.2, -0.15) is 0 Å². The molecule has 1 amide bonds. The Hall–Kier alpha value is -4.10. The molecule has 40 heavy (non-hydrogen) atoms. The first-order chi connectivity index (χ1) is 19.5. The zero-order chi connectivity index (χ0) is 27.9. The highest BCUT2D eigenvalue weighted by atomic mass is 79.9. The minimum absolute atomic E-state index is 0.116. The molecular weight excluding hydrogens is 570 g/mol. The van der Waals surface area contributed by atoms with Crippen molar-refractivity contribution < 1.29 is 23.8 Å². The third-order valence-electron chi connectivity index (χ3n) is 6.98. The summed E-state index contributed by atoms with van der Waals surface area (Å²) in [5.74, 6) is 0.892. The normalized spacial score (nSPS) is 13.8. The van der Waals surface area contributed by atoms with E-state index in [9.17, 15) is 9.59 Å². The van der Waals surface area contributed by atoms with Crippen molar-refractivity contribution in [3.05, 3.63) is 129 Å². The van der Waals surface area contributed by atoms with Gasteiger partial charge in [-0.25, -0.2) is 4.79 Å². The lowest BCUT2D eigenvalue weighted by molar-refractivity contribution is -0.139. The number of esters is 1. The fourth-order valence-corrected chi connectivity index (χ4v) is 5.41. The van der Waals surface area contributed by atoms with Gasteiger partial charge in [0, 0.05) is 10.0 Å². The maximum absolute atomic E-state index is 13.7. The predicted octanol–water partition coefficient (Wildman–Crippen LogP) is 7.78. The fourth-order valence-electron chi connectivity index (χ4n) is 5.00. The summed E-state index contributed by atoms with van der Waals surface area (Å²) in [5.41, 5.74) is 4.94. The van der Waals surface area contributed by atoms with Crippen molar-refractivity contribution in [2.75, 3.05) is 7.11 Å². The van der Waals surface area contributed by atoms with Crippen LogP contribution in [0.1, 0.15) is 40.3 Å². The first kappa shape index (κ1) is 27.5. The Morgan fingerprint density at radius 1 is 0.900 bits per heavy atom. The minimum Gasteiger partial charge on any atom is -0.469 e. The molecule has 0 N–H and O–H groups in total. The van der Waals surface area contributed by atoms with E-state index < -0.39 is 0 Å². The van der Waals surface area contributed by atoms with E-state index in [-0.39, 0.29) is 31.1 Å². The third kappa shape index (κ3) is 6.72. The van der Waals surface area contributed by atoms with E-state index in [2.05, 4.69) is 28.1 Å². The zero-order valence-corrected chi connectivity index (χ0v) is 23.8. The second kappa shape index (κ2) is 12.8. The highest BCUT2D eigenvalue weighted by molar-refractivity contribution is 9.10. The number of amides is 1. The van der Waals surface area contributed by atoms with Crippen molar-refractivity contribution in [2.24, 2.45) is 0 Å². The van der Waals surface area contributed by atoms with Gasteiger partial charge in [-0.1, -0.05) is 82.7 Å². The number of methoxy groups -OCH3 is 1. The van der Waals surface area contributed by atoms with Crippen molar-refractivity contribution >= 4 is 28.0 Å². The minimum atomic E-state index is -0.378. The SMILES string of the molecule is COC(=O)Cc1cccc(Oc2ccc(Br)cc2CN(C(=O)OCc2ccccc2)C2CCc3ccccc32)c1. The van der Waals surface area contributed by atoms with Gasteiger partial charge in [0.05, 0.1) is 26.1 Å². The summed E-state index contributed by atoms with van der Waals surface area (Å²) in [5, 5.41) is 0. The van der Waals surface area contributed by atoms with E-state index in [0.29, 0.717) is 18.0 Å². The van der Waals surface area contributed by atoms with Crippen molar-refractivity contribution in [3.63, 3.8) is 0 Å². The molecule has 6 nitrogen and oxygen atoms in total. The molecule has 1 aliphatic carbocycles. The molecule has 7 heteroatoms. The standard InChI is InChI=1S/C33H30BrNO5/c1-38-32(36)19-24-10-7-12-28(18-24)40-31-17-15-27(34)20-26(31)21-35(30-16-14-25-11-5-6-13-29(25)30)33(37)39-22-23-8-3-2-4-9-23/h2-13,15,17-18,20,30H,14,16,19,21-22H2,1H3. The number of nitrogens with zero attached hydrogens (tertiary/aromatic N) is 1. The molecule has 0 aromatic heterocycles. The quantitative estimate of drug-likeness (QED) is 0.184. The van der Waals surface area contributed by atoms with Gasteiger partial charge in [0.15, 0.2) is 0 Å². The Bertz CT molecular complexity index is 1490. The van der Waals surface area contributed by atoms with E-state index in [1.165, 1.54) is 12.7 Å². The molecule has 0 spiro atoms. The van der Waals surface area contributed by atoms with Crippen LogP contribution in [0.5, 0.6) is 11.5 Å². The number of rotatable bonds is 9. The molecule has 0 bridgehead atoms. The number of fused-ring (bicyclic) bond motifs is 1. The summed E-state index contributed by atoms with van der Waals surface area (Å²) >= 11 is 3.58. The highest BCUT2D eigenvalue weighted by Gasteiger charge is 2.32. The van der Waals surface area contributed by atoms with Crippen molar-refractivity contribution in [1.82, 2.24) is 4.90 Å². The average Bonchev–Trinajstić information content (AvgIpc) is 3.40. The zero-order valence-electron chi connectivity index (χ0n) is 22.2. The molecule has 0 radical (unpaired) electrons. The maximum Gasteiger partial charge on any atom is 0.410 e. The third-order valence-corrected chi connectivity index (χ3v) is 7.48. The van der Waals surface area contributed by atoms with E-state index in [4.69, 9.17) is 14.2 Å². The summed E-state index contributed by atoms with van der Waals surface area (Å²) in [4.78, 5) is 27.2. The van der Waals surface area contributed by atoms with Crippen molar-refractivity contribution in [1.29, 1.82) is 0 Å². The number of aryl methyl sites for hydroxylation is 1. The average molecular weight is 601 g/mol. The Morgan fingerprint density at radius 3 is 2.50 bits per heavy atom. The van der Waals surface area contributed by atoms with Crippen LogP contribution in [0.2, 0.25) is 0 Å². The first-order valence-electron chi connectivity index (χ1n) is 13.2. The summed E-state index contributed by atoms with van der Waals surface area (Å²) in [6.45, 7) is 0.489. The number of ether oxygens (including phenoxy) is 3. The summed E-state index contributed by atoms with van der Waals surface area (Å²) in [7, 11) is 1.37. The molecule has 4 aromatic rings. The smallest absolute Gasteiger partial charge is 0.410 e. The van der Waals surface area contributed by atoms with Gasteiger partial charge in [-0.15, -0.1) is 0 Å². The topological polar surface area (TPSA) is 65.1 Å². The van der Waals surface area contributed by atoms with Crippen molar-refractivity contribution in [3.8, 4) is 11.5 Å². The highest BCUT2D eigenvalue weighted by Crippen LogP contribution is 2.39. The van der Waals surface area contributed by atoms with Gasteiger partial charge >= 0.3 is 12.1 Å². The Labute approximate surface area is 242 Å². The van der Waals surface area contributed by atoms with Crippen LogP contribution in [0.4, 0.5) is 4.79 Å². The molecule has 1 atom stereocenters. The summed E-state index contributed by atoms with van der Waals surface area (Å²) < 4.78 is 17.8. The van der Waals surface area contributed by atoms with Gasteiger partial charge in [0.25, 0.3) is 0 Å². The number of halogens is 1. The molecule has 1 aliphatic rings. The van der Waals surface area contributed by atoms with Gasteiger partial charge in [-0.3, -0.25) is 9.69 Å². The number of benzene rings is 4. The first-order valence-corrected chi connectivity index (χ1v) is 14.0.